The highest BCUT2D eigenvalue weighted by Gasteiger charge is 2.28. The fraction of sp³-hybridized carbons (Fsp3) is 0.125. The molecule has 1 N–H and O–H groups in total. The van der Waals surface area contributed by atoms with Crippen molar-refractivity contribution in [1.29, 1.82) is 0 Å². The first-order chi connectivity index (χ1) is 14.5. The van der Waals surface area contributed by atoms with E-state index >= 15 is 0 Å². The van der Waals surface area contributed by atoms with Crippen LogP contribution in [0.1, 0.15) is 22.6 Å². The Morgan fingerprint density at radius 3 is 2.17 bits per heavy atom. The van der Waals surface area contributed by atoms with Crippen molar-refractivity contribution in [1.82, 2.24) is 5.32 Å². The Kier molecular flexibility index (Phi) is 5.95. The normalized spacial score (nSPS) is 12.6. The van der Waals surface area contributed by atoms with Crippen LogP contribution < -0.4 is 5.32 Å². The van der Waals surface area contributed by atoms with Crippen LogP contribution in [0.25, 0.3) is 17.2 Å². The fourth-order valence-corrected chi connectivity index (χ4v) is 4.08. The molecule has 0 unspecified atom stereocenters. The van der Waals surface area contributed by atoms with Crippen LogP contribution in [0.4, 0.5) is 13.6 Å². The van der Waals surface area contributed by atoms with E-state index in [0.29, 0.717) is 4.47 Å². The molecule has 6 heteroatoms. The summed E-state index contributed by atoms with van der Waals surface area (Å²) >= 11 is 3.04. The molecule has 0 saturated heterocycles. The number of ether oxygens (including phenoxy) is 1. The van der Waals surface area contributed by atoms with Gasteiger partial charge in [-0.3, -0.25) is 0 Å². The number of carbonyl (C=O) groups excluding carboxylic acids is 1. The number of nitrogens with one attached hydrogen (secondary N) is 1. The molecule has 0 aliphatic heterocycles. The first-order valence-electron chi connectivity index (χ1n) is 9.44. The van der Waals surface area contributed by atoms with Crippen LogP contribution in [-0.4, -0.2) is 19.2 Å². The number of amides is 1. The molecule has 3 nitrogen and oxygen atoms in total. The van der Waals surface area contributed by atoms with Crippen LogP contribution >= 0.6 is 15.9 Å². The van der Waals surface area contributed by atoms with E-state index < -0.39 is 17.7 Å². The minimum atomic E-state index is -0.681. The highest BCUT2D eigenvalue weighted by Crippen LogP contribution is 2.44. The number of fused-ring (bicyclic) bond motifs is 3. The summed E-state index contributed by atoms with van der Waals surface area (Å²) in [5.74, 6) is -1.39. The first-order valence-corrected chi connectivity index (χ1v) is 10.2. The van der Waals surface area contributed by atoms with Crippen molar-refractivity contribution >= 4 is 28.1 Å². The number of rotatable bonds is 5. The summed E-state index contributed by atoms with van der Waals surface area (Å²) < 4.78 is 33.3. The lowest BCUT2D eigenvalue weighted by Gasteiger charge is -2.14. The number of hydrogen-bond donors (Lipinski definition) is 1. The molecule has 0 spiro atoms. The van der Waals surface area contributed by atoms with E-state index in [1.807, 2.05) is 36.4 Å². The minimum Gasteiger partial charge on any atom is -0.449 e. The third-order valence-electron chi connectivity index (χ3n) is 5.04. The van der Waals surface area contributed by atoms with E-state index in [4.69, 9.17) is 4.74 Å². The standard InChI is InChI=1S/C24H18BrF2NO2/c25-15-12-22(26)20(23(27)13-15)10-5-11-28-24(29)30-14-21-18-8-3-1-6-16(18)17-7-2-4-9-19(17)21/h1-10,12-13,21H,11,14H2,(H,28,29). The van der Waals surface area contributed by atoms with Crippen molar-refractivity contribution in [2.45, 2.75) is 5.92 Å². The zero-order valence-electron chi connectivity index (χ0n) is 15.9. The average molecular weight is 470 g/mol. The van der Waals surface area contributed by atoms with Gasteiger partial charge in [0.15, 0.2) is 0 Å². The second-order valence-electron chi connectivity index (χ2n) is 6.89. The summed E-state index contributed by atoms with van der Waals surface area (Å²) in [6.45, 7) is 0.297. The van der Waals surface area contributed by atoms with E-state index in [-0.39, 0.29) is 24.6 Å². The van der Waals surface area contributed by atoms with Gasteiger partial charge in [0, 0.05) is 22.5 Å². The van der Waals surface area contributed by atoms with Gasteiger partial charge in [-0.1, -0.05) is 76.6 Å². The molecule has 3 aromatic carbocycles. The summed E-state index contributed by atoms with van der Waals surface area (Å²) in [4.78, 5) is 12.1. The molecule has 1 aliphatic carbocycles. The topological polar surface area (TPSA) is 38.3 Å². The number of carbonyl (C=O) groups is 1. The van der Waals surface area contributed by atoms with Crippen LogP contribution in [-0.2, 0) is 4.74 Å². The van der Waals surface area contributed by atoms with Gasteiger partial charge in [0.25, 0.3) is 0 Å². The molecule has 0 heterocycles. The van der Waals surface area contributed by atoms with Crippen LogP contribution in [0, 0.1) is 11.6 Å². The molecule has 3 aromatic rings. The fourth-order valence-electron chi connectivity index (χ4n) is 3.68. The Morgan fingerprint density at radius 2 is 1.57 bits per heavy atom. The van der Waals surface area contributed by atoms with E-state index in [2.05, 4.69) is 33.4 Å². The largest absolute Gasteiger partial charge is 0.449 e. The van der Waals surface area contributed by atoms with Crippen molar-refractivity contribution in [3.05, 3.63) is 99.5 Å². The molecule has 0 fully saturated rings. The van der Waals surface area contributed by atoms with Crippen LogP contribution in [0.5, 0.6) is 0 Å². The molecular formula is C24H18BrF2NO2. The second-order valence-corrected chi connectivity index (χ2v) is 7.81. The number of hydrogen-bond acceptors (Lipinski definition) is 2. The molecule has 30 heavy (non-hydrogen) atoms. The number of halogens is 3. The number of alkyl carbamates (subject to hydrolysis) is 1. The lowest BCUT2D eigenvalue weighted by molar-refractivity contribution is 0.144. The Balaban J connectivity index is 1.35. The molecular weight excluding hydrogens is 452 g/mol. The van der Waals surface area contributed by atoms with Crippen LogP contribution in [0.2, 0.25) is 0 Å². The van der Waals surface area contributed by atoms with Crippen molar-refractivity contribution < 1.29 is 18.3 Å². The SMILES string of the molecule is O=C(NCC=Cc1c(F)cc(Br)cc1F)OCC1c2ccccc2-c2ccccc21. The van der Waals surface area contributed by atoms with Gasteiger partial charge in [0.05, 0.1) is 0 Å². The molecule has 0 bridgehead atoms. The van der Waals surface area contributed by atoms with Crippen molar-refractivity contribution in [3.63, 3.8) is 0 Å². The van der Waals surface area contributed by atoms with Gasteiger partial charge in [0.2, 0.25) is 0 Å². The Morgan fingerprint density at radius 1 is 1.00 bits per heavy atom. The van der Waals surface area contributed by atoms with E-state index in [1.165, 1.54) is 24.3 Å². The highest BCUT2D eigenvalue weighted by atomic mass is 79.9. The van der Waals surface area contributed by atoms with Gasteiger partial charge < -0.3 is 10.1 Å². The highest BCUT2D eigenvalue weighted by molar-refractivity contribution is 9.10. The van der Waals surface area contributed by atoms with E-state index in [9.17, 15) is 13.6 Å². The van der Waals surface area contributed by atoms with Crippen molar-refractivity contribution in [2.75, 3.05) is 13.2 Å². The van der Waals surface area contributed by atoms with Crippen LogP contribution in [0.15, 0.2) is 71.2 Å². The maximum absolute atomic E-state index is 13.8. The van der Waals surface area contributed by atoms with Gasteiger partial charge in [-0.2, -0.15) is 0 Å². The number of benzene rings is 3. The van der Waals surface area contributed by atoms with E-state index in [1.54, 1.807) is 0 Å². The van der Waals surface area contributed by atoms with Crippen molar-refractivity contribution in [2.24, 2.45) is 0 Å². The lowest BCUT2D eigenvalue weighted by atomic mass is 9.98. The predicted molar refractivity (Wildman–Crippen MR) is 116 cm³/mol. The van der Waals surface area contributed by atoms with Crippen LogP contribution in [0.3, 0.4) is 0 Å². The third-order valence-corrected chi connectivity index (χ3v) is 5.49. The zero-order valence-corrected chi connectivity index (χ0v) is 17.5. The van der Waals surface area contributed by atoms with Gasteiger partial charge >= 0.3 is 6.09 Å². The summed E-state index contributed by atoms with van der Waals surface area (Å²) in [6.07, 6.45) is 2.18. The molecule has 152 valence electrons. The Bertz CT molecular complexity index is 1060. The average Bonchev–Trinajstić information content (AvgIpc) is 3.05. The van der Waals surface area contributed by atoms with Crippen molar-refractivity contribution in [3.8, 4) is 11.1 Å². The second kappa shape index (κ2) is 8.79. The monoisotopic (exact) mass is 469 g/mol. The maximum atomic E-state index is 13.8. The summed E-state index contributed by atoms with van der Waals surface area (Å²) in [7, 11) is 0. The lowest BCUT2D eigenvalue weighted by Crippen LogP contribution is -2.26. The quantitative estimate of drug-likeness (QED) is 0.477. The zero-order chi connectivity index (χ0) is 21.1. The predicted octanol–water partition coefficient (Wildman–Crippen LogP) is 6.28. The third kappa shape index (κ3) is 4.14. The van der Waals surface area contributed by atoms with Gasteiger partial charge in [-0.05, 0) is 34.4 Å². The van der Waals surface area contributed by atoms with Gasteiger partial charge in [-0.25, -0.2) is 13.6 Å². The molecule has 0 radical (unpaired) electrons. The molecule has 1 amide bonds. The Labute approximate surface area is 181 Å². The smallest absolute Gasteiger partial charge is 0.407 e. The summed E-state index contributed by atoms with van der Waals surface area (Å²) in [5, 5.41) is 2.57. The summed E-state index contributed by atoms with van der Waals surface area (Å²) in [6, 6.07) is 18.5. The maximum Gasteiger partial charge on any atom is 0.407 e. The molecule has 0 saturated carbocycles. The molecule has 4 rings (SSSR count). The van der Waals surface area contributed by atoms with E-state index in [0.717, 1.165) is 22.3 Å². The molecule has 1 aliphatic rings. The molecule has 0 atom stereocenters. The molecule has 0 aromatic heterocycles. The minimum absolute atomic E-state index is 0.0235. The van der Waals surface area contributed by atoms with Gasteiger partial charge in [0.1, 0.15) is 18.2 Å². The summed E-state index contributed by atoms with van der Waals surface area (Å²) in [5.41, 5.74) is 4.42. The Hall–Kier alpha value is -2.99. The van der Waals surface area contributed by atoms with Gasteiger partial charge in [-0.15, -0.1) is 0 Å². The first kappa shape index (κ1) is 20.3.